The van der Waals surface area contributed by atoms with Crippen molar-refractivity contribution in [1.29, 1.82) is 0 Å². The van der Waals surface area contributed by atoms with E-state index in [9.17, 15) is 9.59 Å². The molecule has 1 aliphatic carbocycles. The first kappa shape index (κ1) is 16.8. The number of hydrogen-bond acceptors (Lipinski definition) is 5. The molecule has 24 heavy (non-hydrogen) atoms. The zero-order valence-electron chi connectivity index (χ0n) is 14.6. The van der Waals surface area contributed by atoms with Crippen LogP contribution in [0.15, 0.2) is 0 Å². The highest BCUT2D eigenvalue weighted by molar-refractivity contribution is 7.19. The van der Waals surface area contributed by atoms with Crippen LogP contribution < -0.4 is 5.32 Å². The number of rotatable bonds is 4. The van der Waals surface area contributed by atoms with E-state index in [-0.39, 0.29) is 23.7 Å². The Kier molecular flexibility index (Phi) is 4.29. The lowest BCUT2D eigenvalue weighted by atomic mass is 9.87. The predicted octanol–water partition coefficient (Wildman–Crippen LogP) is 3.80. The summed E-state index contributed by atoms with van der Waals surface area (Å²) in [4.78, 5) is 29.3. The van der Waals surface area contributed by atoms with Crippen LogP contribution in [-0.2, 0) is 11.2 Å². The maximum atomic E-state index is 12.4. The first-order valence-corrected chi connectivity index (χ1v) is 9.08. The topological polar surface area (TPSA) is 76.9 Å². The van der Waals surface area contributed by atoms with Crippen LogP contribution in [0.2, 0.25) is 0 Å². The molecular formula is C17H22N4O2S. The van der Waals surface area contributed by atoms with Gasteiger partial charge in [0.2, 0.25) is 5.91 Å². The van der Waals surface area contributed by atoms with Crippen molar-refractivity contribution < 1.29 is 9.59 Å². The van der Waals surface area contributed by atoms with Gasteiger partial charge >= 0.3 is 0 Å². The average molecular weight is 346 g/mol. The molecule has 1 amide bonds. The zero-order valence-corrected chi connectivity index (χ0v) is 15.5. The Labute approximate surface area is 145 Å². The molecule has 0 aliphatic heterocycles. The summed E-state index contributed by atoms with van der Waals surface area (Å²) in [5.41, 5.74) is 3.58. The Morgan fingerprint density at radius 2 is 2.12 bits per heavy atom. The van der Waals surface area contributed by atoms with E-state index in [1.54, 1.807) is 0 Å². The van der Waals surface area contributed by atoms with Gasteiger partial charge in [0.25, 0.3) is 0 Å². The quantitative estimate of drug-likeness (QED) is 0.854. The molecule has 0 fully saturated rings. The monoisotopic (exact) mass is 346 g/mol. The summed E-state index contributed by atoms with van der Waals surface area (Å²) >= 11 is 1.46. The molecular weight excluding hydrogens is 324 g/mol. The molecule has 0 saturated carbocycles. The Hall–Kier alpha value is -2.02. The molecule has 0 aromatic carbocycles. The number of aromatic nitrogens is 3. The number of nitrogens with zero attached hydrogens (tertiary/aromatic N) is 3. The van der Waals surface area contributed by atoms with Gasteiger partial charge < -0.3 is 5.32 Å². The van der Waals surface area contributed by atoms with Gasteiger partial charge in [0.15, 0.2) is 10.9 Å². The van der Waals surface area contributed by atoms with Crippen molar-refractivity contribution in [3.05, 3.63) is 17.0 Å². The summed E-state index contributed by atoms with van der Waals surface area (Å²) in [6.07, 6.45) is 1.20. The van der Waals surface area contributed by atoms with Crippen molar-refractivity contribution in [2.24, 2.45) is 0 Å². The van der Waals surface area contributed by atoms with Crippen molar-refractivity contribution in [1.82, 2.24) is 14.8 Å². The minimum absolute atomic E-state index is 0.0764. The molecule has 6 nitrogen and oxygen atoms in total. The Morgan fingerprint density at radius 1 is 1.42 bits per heavy atom. The van der Waals surface area contributed by atoms with E-state index in [4.69, 9.17) is 0 Å². The van der Waals surface area contributed by atoms with Crippen molar-refractivity contribution in [3.63, 3.8) is 0 Å². The average Bonchev–Trinajstić information content (AvgIpc) is 3.07. The third-order valence-electron chi connectivity index (χ3n) is 4.21. The Morgan fingerprint density at radius 3 is 2.71 bits per heavy atom. The summed E-state index contributed by atoms with van der Waals surface area (Å²) in [6, 6.07) is 0.140. The van der Waals surface area contributed by atoms with Gasteiger partial charge in [-0.25, -0.2) is 4.98 Å². The number of thiazole rings is 1. The lowest BCUT2D eigenvalue weighted by Crippen LogP contribution is -2.12. The summed E-state index contributed by atoms with van der Waals surface area (Å²) in [6.45, 7) is 9.57. The van der Waals surface area contributed by atoms with Crippen molar-refractivity contribution in [2.45, 2.75) is 59.4 Å². The molecule has 0 spiro atoms. The number of carbonyl (C=O) groups excluding carboxylic acids is 2. The van der Waals surface area contributed by atoms with Gasteiger partial charge in [-0.1, -0.05) is 25.2 Å². The molecule has 1 aliphatic rings. The van der Waals surface area contributed by atoms with Gasteiger partial charge in [0.05, 0.1) is 16.3 Å². The SMILES string of the molecule is CCC(=O)c1nn(C(C)C)c2c1C(C)Cc1nc(NC(C)=O)sc1-2. The highest BCUT2D eigenvalue weighted by Gasteiger charge is 2.34. The van der Waals surface area contributed by atoms with E-state index in [0.29, 0.717) is 17.2 Å². The normalized spacial score (nSPS) is 16.0. The van der Waals surface area contributed by atoms with Crippen LogP contribution in [-0.4, -0.2) is 26.5 Å². The molecule has 2 heterocycles. The third kappa shape index (κ3) is 2.66. The number of fused-ring (bicyclic) bond motifs is 3. The second-order valence-electron chi connectivity index (χ2n) is 6.51. The van der Waals surface area contributed by atoms with Crippen LogP contribution >= 0.6 is 11.3 Å². The Balaban J connectivity index is 2.22. The Bertz CT molecular complexity index is 819. The van der Waals surface area contributed by atoms with E-state index in [1.807, 2.05) is 11.6 Å². The molecule has 0 saturated heterocycles. The van der Waals surface area contributed by atoms with Crippen LogP contribution in [0.3, 0.4) is 0 Å². The minimum Gasteiger partial charge on any atom is -0.302 e. The fourth-order valence-electron chi connectivity index (χ4n) is 3.16. The summed E-state index contributed by atoms with van der Waals surface area (Å²) in [7, 11) is 0. The van der Waals surface area contributed by atoms with E-state index < -0.39 is 0 Å². The molecule has 1 unspecified atom stereocenters. The van der Waals surface area contributed by atoms with Crippen LogP contribution in [0.4, 0.5) is 5.13 Å². The lowest BCUT2D eigenvalue weighted by Gasteiger charge is -2.20. The lowest BCUT2D eigenvalue weighted by molar-refractivity contribution is -0.114. The van der Waals surface area contributed by atoms with E-state index in [0.717, 1.165) is 28.2 Å². The number of nitrogens with one attached hydrogen (secondary N) is 1. The zero-order chi connectivity index (χ0) is 17.6. The van der Waals surface area contributed by atoms with Crippen LogP contribution in [0.1, 0.15) is 74.7 Å². The first-order valence-electron chi connectivity index (χ1n) is 8.26. The van der Waals surface area contributed by atoms with Gasteiger partial charge in [-0.05, 0) is 26.2 Å². The van der Waals surface area contributed by atoms with Crippen molar-refractivity contribution >= 4 is 28.2 Å². The summed E-state index contributed by atoms with van der Waals surface area (Å²) < 4.78 is 1.93. The first-order chi connectivity index (χ1) is 11.3. The second-order valence-corrected chi connectivity index (χ2v) is 7.51. The van der Waals surface area contributed by atoms with Gasteiger partial charge in [0.1, 0.15) is 5.69 Å². The molecule has 2 aromatic heterocycles. The van der Waals surface area contributed by atoms with E-state index >= 15 is 0 Å². The molecule has 3 rings (SSSR count). The smallest absolute Gasteiger partial charge is 0.223 e. The molecule has 0 radical (unpaired) electrons. The maximum absolute atomic E-state index is 12.4. The second kappa shape index (κ2) is 6.12. The molecule has 7 heteroatoms. The third-order valence-corrected chi connectivity index (χ3v) is 5.23. The number of Topliss-reactive ketones (excluding diaryl/α,β-unsaturated/α-hetero) is 1. The van der Waals surface area contributed by atoms with Crippen LogP contribution in [0.25, 0.3) is 10.6 Å². The highest BCUT2D eigenvalue weighted by Crippen LogP contribution is 2.46. The molecule has 128 valence electrons. The number of ketones is 1. The van der Waals surface area contributed by atoms with Gasteiger partial charge in [-0.2, -0.15) is 5.10 Å². The van der Waals surface area contributed by atoms with Crippen LogP contribution in [0, 0.1) is 0 Å². The van der Waals surface area contributed by atoms with E-state index in [2.05, 4.69) is 36.2 Å². The maximum Gasteiger partial charge on any atom is 0.223 e. The summed E-state index contributed by atoms with van der Waals surface area (Å²) in [5.74, 6) is 0.124. The fourth-order valence-corrected chi connectivity index (χ4v) is 4.25. The van der Waals surface area contributed by atoms with Crippen molar-refractivity contribution in [3.8, 4) is 10.6 Å². The van der Waals surface area contributed by atoms with Gasteiger partial charge in [0, 0.05) is 24.9 Å². The van der Waals surface area contributed by atoms with E-state index in [1.165, 1.54) is 18.3 Å². The van der Waals surface area contributed by atoms with Crippen molar-refractivity contribution in [2.75, 3.05) is 5.32 Å². The largest absolute Gasteiger partial charge is 0.302 e. The number of anilines is 1. The molecule has 1 N–H and O–H groups in total. The highest BCUT2D eigenvalue weighted by atomic mass is 32.1. The fraction of sp³-hybridized carbons (Fsp3) is 0.529. The molecule has 2 aromatic rings. The number of hydrogen-bond donors (Lipinski definition) is 1. The minimum atomic E-state index is -0.131. The molecule has 0 bridgehead atoms. The predicted molar refractivity (Wildman–Crippen MR) is 94.8 cm³/mol. The van der Waals surface area contributed by atoms with Gasteiger partial charge in [-0.3, -0.25) is 14.3 Å². The summed E-state index contributed by atoms with van der Waals surface area (Å²) in [5, 5.41) is 8.01. The van der Waals surface area contributed by atoms with Gasteiger partial charge in [-0.15, -0.1) is 0 Å². The number of carbonyl (C=O) groups is 2. The molecule has 1 atom stereocenters. The standard InChI is InChI=1S/C17H22N4O2S/c1-6-12(23)14-13-9(4)7-11-16(15(13)21(20-14)8(2)3)24-17(19-11)18-10(5)22/h8-9H,6-7H2,1-5H3,(H,18,19,22). The van der Waals surface area contributed by atoms with Crippen LogP contribution in [0.5, 0.6) is 0 Å². The number of amides is 1.